The lowest BCUT2D eigenvalue weighted by Crippen LogP contribution is -1.98. The van der Waals surface area contributed by atoms with Gasteiger partial charge in [0.05, 0.1) is 11.6 Å². The van der Waals surface area contributed by atoms with E-state index in [1.54, 1.807) is 0 Å². The maximum absolute atomic E-state index is 6.28. The normalized spacial score (nSPS) is 18.2. The molecule has 1 saturated carbocycles. The van der Waals surface area contributed by atoms with Gasteiger partial charge in [0, 0.05) is 28.3 Å². The van der Waals surface area contributed by atoms with Crippen LogP contribution in [0.25, 0.3) is 0 Å². The molecule has 1 atom stereocenters. The lowest BCUT2D eigenvalue weighted by Gasteiger charge is -2.08. The first-order chi connectivity index (χ1) is 9.19. The molecule has 1 aliphatic rings. The Morgan fingerprint density at radius 3 is 2.79 bits per heavy atom. The van der Waals surface area contributed by atoms with E-state index < -0.39 is 0 Å². The van der Waals surface area contributed by atoms with Gasteiger partial charge >= 0.3 is 0 Å². The van der Waals surface area contributed by atoms with Crippen molar-refractivity contribution in [2.75, 3.05) is 5.88 Å². The fraction of sp³-hybridized carbons (Fsp3) is 0.500. The Morgan fingerprint density at radius 2 is 2.21 bits per heavy atom. The molecule has 0 amide bonds. The van der Waals surface area contributed by atoms with E-state index in [2.05, 4.69) is 5.16 Å². The molecule has 0 aliphatic heterocycles. The molecule has 1 aromatic rings. The zero-order valence-corrected chi connectivity index (χ0v) is 13.0. The molecule has 0 spiro atoms. The summed E-state index contributed by atoms with van der Waals surface area (Å²) in [5.41, 5.74) is 1.85. The van der Waals surface area contributed by atoms with Gasteiger partial charge in [0.1, 0.15) is 5.76 Å². The van der Waals surface area contributed by atoms with Crippen molar-refractivity contribution in [2.24, 2.45) is 0 Å². The Labute approximate surface area is 128 Å². The molecule has 0 aromatic carbocycles. The Kier molecular flexibility index (Phi) is 5.37. The Hall–Kier alpha value is -0.440. The minimum atomic E-state index is -0.0216. The molecule has 104 valence electrons. The highest BCUT2D eigenvalue weighted by molar-refractivity contribution is 6.30. The van der Waals surface area contributed by atoms with Gasteiger partial charge < -0.3 is 4.52 Å². The Balaban J connectivity index is 2.20. The van der Waals surface area contributed by atoms with Crippen LogP contribution < -0.4 is 0 Å². The number of alkyl halides is 2. The van der Waals surface area contributed by atoms with Crippen molar-refractivity contribution in [3.05, 3.63) is 40.3 Å². The molecule has 1 aliphatic carbocycles. The van der Waals surface area contributed by atoms with Gasteiger partial charge in [0.25, 0.3) is 0 Å². The van der Waals surface area contributed by atoms with Crippen LogP contribution >= 0.6 is 34.8 Å². The van der Waals surface area contributed by atoms with E-state index >= 15 is 0 Å². The summed E-state index contributed by atoms with van der Waals surface area (Å²) in [7, 11) is 0. The molecule has 5 heteroatoms. The first-order valence-electron chi connectivity index (χ1n) is 6.31. The van der Waals surface area contributed by atoms with Crippen LogP contribution in [0.15, 0.2) is 27.8 Å². The summed E-state index contributed by atoms with van der Waals surface area (Å²) in [5.74, 6) is 2.31. The third-order valence-electron chi connectivity index (χ3n) is 3.24. The predicted octanol–water partition coefficient (Wildman–Crippen LogP) is 5.31. The fourth-order valence-corrected chi connectivity index (χ4v) is 2.51. The molecule has 0 N–H and O–H groups in total. The summed E-state index contributed by atoms with van der Waals surface area (Å²) in [6.07, 6.45) is 7.83. The van der Waals surface area contributed by atoms with E-state index in [0.717, 1.165) is 29.9 Å². The summed E-state index contributed by atoms with van der Waals surface area (Å²) in [4.78, 5) is 0. The van der Waals surface area contributed by atoms with Gasteiger partial charge in [-0.1, -0.05) is 35.8 Å². The third-order valence-corrected chi connectivity index (χ3v) is 4.13. The molecule has 0 bridgehead atoms. The molecule has 2 nitrogen and oxygen atoms in total. The number of hydrogen-bond donors (Lipinski definition) is 0. The smallest absolute Gasteiger partial charge is 0.144 e. The maximum atomic E-state index is 6.28. The van der Waals surface area contributed by atoms with Crippen molar-refractivity contribution in [1.82, 2.24) is 5.16 Å². The molecule has 1 fully saturated rings. The summed E-state index contributed by atoms with van der Waals surface area (Å²) < 4.78 is 5.45. The predicted molar refractivity (Wildman–Crippen MR) is 80.2 cm³/mol. The molecule has 1 aromatic heterocycles. The summed E-state index contributed by atoms with van der Waals surface area (Å²) in [6.45, 7) is 2.00. The molecular formula is C14H16Cl3NO. The maximum Gasteiger partial charge on any atom is 0.144 e. The molecule has 2 rings (SSSR count). The molecule has 1 unspecified atom stereocenters. The van der Waals surface area contributed by atoms with Crippen molar-refractivity contribution >= 4 is 34.8 Å². The van der Waals surface area contributed by atoms with Crippen molar-refractivity contribution < 1.29 is 4.52 Å². The number of nitrogens with zero attached hydrogens (tertiary/aromatic N) is 1. The van der Waals surface area contributed by atoms with Crippen molar-refractivity contribution in [3.63, 3.8) is 0 Å². The van der Waals surface area contributed by atoms with E-state index in [4.69, 9.17) is 39.3 Å². The summed E-state index contributed by atoms with van der Waals surface area (Å²) in [6, 6.07) is 0. The van der Waals surface area contributed by atoms with E-state index in [1.807, 2.05) is 25.2 Å². The third kappa shape index (κ3) is 3.56. The van der Waals surface area contributed by atoms with Crippen molar-refractivity contribution in [1.29, 1.82) is 0 Å². The second-order valence-electron chi connectivity index (χ2n) is 4.67. The Bertz CT molecular complexity index is 489. The van der Waals surface area contributed by atoms with Gasteiger partial charge in [-0.05, 0) is 18.9 Å². The standard InChI is InChI=1S/C14H16Cl3NO/c1-9(12(17)4-2-3-7-15)13-11(8-16)14(19-18-13)10-5-6-10/h2-4,9-10H,5-8H2,1H3/b3-2-,12-4+. The van der Waals surface area contributed by atoms with Crippen LogP contribution in [-0.4, -0.2) is 11.0 Å². The zero-order valence-electron chi connectivity index (χ0n) is 10.7. The van der Waals surface area contributed by atoms with E-state index in [-0.39, 0.29) is 5.92 Å². The highest BCUT2D eigenvalue weighted by atomic mass is 35.5. The molecule has 19 heavy (non-hydrogen) atoms. The Morgan fingerprint density at radius 1 is 1.47 bits per heavy atom. The van der Waals surface area contributed by atoms with Crippen LogP contribution in [0.4, 0.5) is 0 Å². The number of halogens is 3. The fourth-order valence-electron chi connectivity index (χ4n) is 1.96. The van der Waals surface area contributed by atoms with Crippen LogP contribution in [0.5, 0.6) is 0 Å². The number of aromatic nitrogens is 1. The second-order valence-corrected chi connectivity index (χ2v) is 5.69. The van der Waals surface area contributed by atoms with Crippen LogP contribution in [0, 0.1) is 0 Å². The van der Waals surface area contributed by atoms with Gasteiger partial charge in [0.2, 0.25) is 0 Å². The van der Waals surface area contributed by atoms with Crippen LogP contribution in [0.3, 0.4) is 0 Å². The van der Waals surface area contributed by atoms with Crippen LogP contribution in [0.1, 0.15) is 48.6 Å². The zero-order chi connectivity index (χ0) is 13.8. The average molecular weight is 321 g/mol. The monoisotopic (exact) mass is 319 g/mol. The second kappa shape index (κ2) is 6.83. The van der Waals surface area contributed by atoms with Crippen molar-refractivity contribution in [2.45, 2.75) is 37.5 Å². The highest BCUT2D eigenvalue weighted by Crippen LogP contribution is 2.44. The van der Waals surface area contributed by atoms with E-state index in [0.29, 0.717) is 22.7 Å². The SMILES string of the molecule is CC(/C(Cl)=C\C=C/CCl)c1noc(C2CC2)c1CCl. The lowest BCUT2D eigenvalue weighted by atomic mass is 10.0. The highest BCUT2D eigenvalue weighted by Gasteiger charge is 2.33. The molecule has 1 heterocycles. The van der Waals surface area contributed by atoms with Crippen LogP contribution in [0.2, 0.25) is 0 Å². The minimum Gasteiger partial charge on any atom is -0.360 e. The average Bonchev–Trinajstić information content (AvgIpc) is 3.17. The van der Waals surface area contributed by atoms with Crippen molar-refractivity contribution in [3.8, 4) is 0 Å². The topological polar surface area (TPSA) is 26.0 Å². The van der Waals surface area contributed by atoms with Crippen LogP contribution in [-0.2, 0) is 5.88 Å². The number of rotatable bonds is 6. The number of allylic oxidation sites excluding steroid dienone is 4. The largest absolute Gasteiger partial charge is 0.360 e. The molecular weight excluding hydrogens is 305 g/mol. The van der Waals surface area contributed by atoms with Gasteiger partial charge in [-0.25, -0.2) is 0 Å². The van der Waals surface area contributed by atoms with E-state index in [1.165, 1.54) is 0 Å². The lowest BCUT2D eigenvalue weighted by molar-refractivity contribution is 0.376. The quantitative estimate of drug-likeness (QED) is 0.524. The first kappa shape index (κ1) is 15.0. The number of hydrogen-bond acceptors (Lipinski definition) is 2. The van der Waals surface area contributed by atoms with Gasteiger partial charge in [-0.15, -0.1) is 23.2 Å². The summed E-state index contributed by atoms with van der Waals surface area (Å²) >= 11 is 17.9. The summed E-state index contributed by atoms with van der Waals surface area (Å²) in [5, 5.41) is 4.86. The van der Waals surface area contributed by atoms with Gasteiger partial charge in [0.15, 0.2) is 0 Å². The van der Waals surface area contributed by atoms with Gasteiger partial charge in [-0.3, -0.25) is 0 Å². The molecule has 0 saturated heterocycles. The minimum absolute atomic E-state index is 0.0216. The van der Waals surface area contributed by atoms with E-state index in [9.17, 15) is 0 Å². The molecule has 0 radical (unpaired) electrons. The first-order valence-corrected chi connectivity index (χ1v) is 7.76. The van der Waals surface area contributed by atoms with Gasteiger partial charge in [-0.2, -0.15) is 0 Å².